The van der Waals surface area contributed by atoms with Crippen LogP contribution in [0.1, 0.15) is 19.9 Å². The number of nitrogens with two attached hydrogens (primary N) is 1. The highest BCUT2D eigenvalue weighted by Crippen LogP contribution is 2.31. The molecule has 1 aromatic heterocycles. The molecule has 0 saturated heterocycles. The van der Waals surface area contributed by atoms with E-state index >= 15 is 0 Å². The SMILES string of the molecule is CC(C)n1cc(-c2ccc(OC(F)(F)F)cc2N)cn1. The van der Waals surface area contributed by atoms with Crippen molar-refractivity contribution >= 4 is 5.69 Å². The first kappa shape index (κ1) is 14.2. The van der Waals surface area contributed by atoms with Crippen LogP contribution in [0.5, 0.6) is 5.75 Å². The maximum atomic E-state index is 12.1. The Morgan fingerprint density at radius 1 is 1.30 bits per heavy atom. The molecule has 0 spiro atoms. The van der Waals surface area contributed by atoms with Crippen molar-refractivity contribution in [3.05, 3.63) is 30.6 Å². The summed E-state index contributed by atoms with van der Waals surface area (Å²) in [5, 5.41) is 4.16. The number of rotatable bonds is 3. The molecule has 0 unspecified atom stereocenters. The molecule has 108 valence electrons. The lowest BCUT2D eigenvalue weighted by Crippen LogP contribution is -2.17. The van der Waals surface area contributed by atoms with E-state index < -0.39 is 6.36 Å². The van der Waals surface area contributed by atoms with Gasteiger partial charge in [0, 0.05) is 35.1 Å². The van der Waals surface area contributed by atoms with Crippen molar-refractivity contribution in [1.29, 1.82) is 0 Å². The lowest BCUT2D eigenvalue weighted by Gasteiger charge is -2.11. The maximum Gasteiger partial charge on any atom is 0.573 e. The fourth-order valence-electron chi connectivity index (χ4n) is 1.76. The van der Waals surface area contributed by atoms with E-state index in [2.05, 4.69) is 9.84 Å². The summed E-state index contributed by atoms with van der Waals surface area (Å²) in [7, 11) is 0. The molecular formula is C13H14F3N3O. The predicted molar refractivity (Wildman–Crippen MR) is 69.1 cm³/mol. The molecule has 20 heavy (non-hydrogen) atoms. The summed E-state index contributed by atoms with van der Waals surface area (Å²) >= 11 is 0. The van der Waals surface area contributed by atoms with Gasteiger partial charge in [-0.2, -0.15) is 5.10 Å². The van der Waals surface area contributed by atoms with Crippen LogP contribution < -0.4 is 10.5 Å². The number of nitrogen functional groups attached to an aromatic ring is 1. The zero-order valence-electron chi connectivity index (χ0n) is 11.0. The first-order valence-electron chi connectivity index (χ1n) is 5.96. The second kappa shape index (κ2) is 5.07. The molecule has 7 heteroatoms. The monoisotopic (exact) mass is 285 g/mol. The van der Waals surface area contributed by atoms with Crippen LogP contribution >= 0.6 is 0 Å². The van der Waals surface area contributed by atoms with E-state index in [0.717, 1.165) is 11.6 Å². The lowest BCUT2D eigenvalue weighted by molar-refractivity contribution is -0.274. The zero-order chi connectivity index (χ0) is 14.9. The van der Waals surface area contributed by atoms with Gasteiger partial charge in [-0.15, -0.1) is 13.2 Å². The van der Waals surface area contributed by atoms with Crippen LogP contribution in [0.3, 0.4) is 0 Å². The number of ether oxygens (including phenoxy) is 1. The molecule has 0 amide bonds. The average molecular weight is 285 g/mol. The van der Waals surface area contributed by atoms with E-state index in [1.54, 1.807) is 17.1 Å². The molecular weight excluding hydrogens is 271 g/mol. The Hall–Kier alpha value is -2.18. The molecule has 0 bridgehead atoms. The standard InChI is InChI=1S/C13H14F3N3O/c1-8(2)19-7-9(6-18-19)11-4-3-10(5-12(11)17)20-13(14,15)16/h3-8H,17H2,1-2H3. The van der Waals surface area contributed by atoms with Gasteiger partial charge in [-0.25, -0.2) is 0 Å². The highest BCUT2D eigenvalue weighted by molar-refractivity contribution is 5.76. The van der Waals surface area contributed by atoms with Gasteiger partial charge in [0.15, 0.2) is 0 Å². The number of hydrogen-bond acceptors (Lipinski definition) is 3. The first-order valence-corrected chi connectivity index (χ1v) is 5.96. The molecule has 1 aromatic carbocycles. The number of benzene rings is 1. The minimum Gasteiger partial charge on any atom is -0.406 e. The minimum absolute atomic E-state index is 0.192. The molecule has 0 aliphatic rings. The van der Waals surface area contributed by atoms with Crippen LogP contribution in [0, 0.1) is 0 Å². The van der Waals surface area contributed by atoms with E-state index in [9.17, 15) is 13.2 Å². The number of alkyl halides is 3. The summed E-state index contributed by atoms with van der Waals surface area (Å²) in [5.41, 5.74) is 7.34. The van der Waals surface area contributed by atoms with Gasteiger partial charge in [0.05, 0.1) is 6.20 Å². The van der Waals surface area contributed by atoms with Gasteiger partial charge < -0.3 is 10.5 Å². The third kappa shape index (κ3) is 3.23. The fraction of sp³-hybridized carbons (Fsp3) is 0.308. The Bertz CT molecular complexity index is 605. The van der Waals surface area contributed by atoms with Crippen LogP contribution in [0.15, 0.2) is 30.6 Å². The molecule has 0 atom stereocenters. The van der Waals surface area contributed by atoms with Crippen LogP contribution in [-0.2, 0) is 0 Å². The van der Waals surface area contributed by atoms with Gasteiger partial charge in [-0.05, 0) is 26.0 Å². The van der Waals surface area contributed by atoms with Gasteiger partial charge in [-0.1, -0.05) is 0 Å². The number of anilines is 1. The van der Waals surface area contributed by atoms with Crippen LogP contribution in [0.25, 0.3) is 11.1 Å². The Morgan fingerprint density at radius 2 is 2.00 bits per heavy atom. The van der Waals surface area contributed by atoms with Crippen LogP contribution in [-0.4, -0.2) is 16.1 Å². The van der Waals surface area contributed by atoms with Gasteiger partial charge in [0.25, 0.3) is 0 Å². The smallest absolute Gasteiger partial charge is 0.406 e. The third-order valence-electron chi connectivity index (χ3n) is 2.70. The molecule has 0 saturated carbocycles. The van der Waals surface area contributed by atoms with Crippen LogP contribution in [0.4, 0.5) is 18.9 Å². The van der Waals surface area contributed by atoms with Gasteiger partial charge >= 0.3 is 6.36 Å². The van der Waals surface area contributed by atoms with E-state index in [1.807, 2.05) is 13.8 Å². The lowest BCUT2D eigenvalue weighted by atomic mass is 10.1. The summed E-state index contributed by atoms with van der Waals surface area (Å²) < 4.78 is 41.9. The largest absolute Gasteiger partial charge is 0.573 e. The van der Waals surface area contributed by atoms with Crippen molar-refractivity contribution < 1.29 is 17.9 Å². The highest BCUT2D eigenvalue weighted by Gasteiger charge is 2.31. The van der Waals surface area contributed by atoms with E-state index in [4.69, 9.17) is 5.73 Å². The van der Waals surface area contributed by atoms with Gasteiger partial charge in [-0.3, -0.25) is 4.68 Å². The van der Waals surface area contributed by atoms with E-state index in [0.29, 0.717) is 5.56 Å². The Morgan fingerprint density at radius 3 is 2.50 bits per heavy atom. The maximum absolute atomic E-state index is 12.1. The normalized spacial score (nSPS) is 11.9. The Labute approximate surface area is 114 Å². The van der Waals surface area contributed by atoms with E-state index in [1.165, 1.54) is 12.1 Å². The molecule has 0 radical (unpaired) electrons. The van der Waals surface area contributed by atoms with Crippen molar-refractivity contribution in [3.63, 3.8) is 0 Å². The van der Waals surface area contributed by atoms with Gasteiger partial charge in [0.1, 0.15) is 5.75 Å². The predicted octanol–water partition coefficient (Wildman–Crippen LogP) is 3.61. The second-order valence-corrected chi connectivity index (χ2v) is 4.60. The molecule has 2 N–H and O–H groups in total. The van der Waals surface area contributed by atoms with Crippen molar-refractivity contribution in [2.75, 3.05) is 5.73 Å². The number of nitrogens with zero attached hydrogens (tertiary/aromatic N) is 2. The molecule has 2 rings (SSSR count). The zero-order valence-corrected chi connectivity index (χ0v) is 11.0. The fourth-order valence-corrected chi connectivity index (χ4v) is 1.76. The van der Waals surface area contributed by atoms with Crippen molar-refractivity contribution in [2.24, 2.45) is 0 Å². The highest BCUT2D eigenvalue weighted by atomic mass is 19.4. The van der Waals surface area contributed by atoms with Crippen molar-refractivity contribution in [3.8, 4) is 16.9 Å². The van der Waals surface area contributed by atoms with Crippen molar-refractivity contribution in [2.45, 2.75) is 26.3 Å². The summed E-state index contributed by atoms with van der Waals surface area (Å²) in [6.45, 7) is 3.95. The average Bonchev–Trinajstić information content (AvgIpc) is 2.76. The van der Waals surface area contributed by atoms with Gasteiger partial charge in [0.2, 0.25) is 0 Å². The summed E-state index contributed by atoms with van der Waals surface area (Å²) in [4.78, 5) is 0. The summed E-state index contributed by atoms with van der Waals surface area (Å²) in [6, 6.07) is 4.05. The second-order valence-electron chi connectivity index (χ2n) is 4.60. The van der Waals surface area contributed by atoms with Crippen molar-refractivity contribution in [1.82, 2.24) is 9.78 Å². The minimum atomic E-state index is -4.73. The molecule has 4 nitrogen and oxygen atoms in total. The number of hydrogen-bond donors (Lipinski definition) is 1. The quantitative estimate of drug-likeness (QED) is 0.876. The number of halogens is 3. The molecule has 0 fully saturated rings. The summed E-state index contributed by atoms with van der Waals surface area (Å²) in [6.07, 6.45) is -1.31. The summed E-state index contributed by atoms with van der Waals surface area (Å²) in [5.74, 6) is -0.338. The molecule has 1 heterocycles. The Kier molecular flexibility index (Phi) is 3.61. The van der Waals surface area contributed by atoms with Crippen LogP contribution in [0.2, 0.25) is 0 Å². The third-order valence-corrected chi connectivity index (χ3v) is 2.70. The Balaban J connectivity index is 2.29. The topological polar surface area (TPSA) is 53.1 Å². The first-order chi connectivity index (χ1) is 9.26. The molecule has 0 aliphatic heterocycles. The van der Waals surface area contributed by atoms with E-state index in [-0.39, 0.29) is 17.5 Å². The number of aromatic nitrogens is 2. The molecule has 0 aliphatic carbocycles. The molecule has 2 aromatic rings.